The largest absolute Gasteiger partial charge is 0.330 e. The van der Waals surface area contributed by atoms with Crippen LogP contribution in [0.1, 0.15) is 11.1 Å². The van der Waals surface area contributed by atoms with Crippen molar-refractivity contribution in [2.24, 2.45) is 0 Å². The molecule has 0 saturated carbocycles. The van der Waals surface area contributed by atoms with Gasteiger partial charge in [0.15, 0.2) is 69.8 Å². The minimum atomic E-state index is -7.22. The minimum Gasteiger partial charge on any atom is -0.330 e. The van der Waals surface area contributed by atoms with Crippen LogP contribution in [-0.2, 0) is 13.1 Å². The topological polar surface area (TPSA) is 4.44 Å². The van der Waals surface area contributed by atoms with E-state index in [4.69, 9.17) is 0 Å². The maximum absolute atomic E-state index is 15.4. The molecule has 0 aliphatic heterocycles. The molecular weight excluding hydrogens is 873 g/mol. The fourth-order valence-corrected chi connectivity index (χ4v) is 6.83. The lowest BCUT2D eigenvalue weighted by Gasteiger charge is -2.44. The Hall–Kier alpha value is -6.06. The molecular formula is C39H18BF20N. The lowest BCUT2D eigenvalue weighted by molar-refractivity contribution is -0.907. The quantitative estimate of drug-likeness (QED) is 0.0691. The van der Waals surface area contributed by atoms with E-state index in [-0.39, 0.29) is 0 Å². The molecule has 0 radical (unpaired) electrons. The molecule has 6 rings (SSSR count). The molecule has 0 fully saturated rings. The highest BCUT2D eigenvalue weighted by molar-refractivity contribution is 7.20. The predicted molar refractivity (Wildman–Crippen MR) is 176 cm³/mol. The van der Waals surface area contributed by atoms with Crippen LogP contribution in [0.3, 0.4) is 0 Å². The third-order valence-corrected chi connectivity index (χ3v) is 9.40. The number of hydrogen-bond acceptors (Lipinski definition) is 0. The van der Waals surface area contributed by atoms with Crippen LogP contribution >= 0.6 is 0 Å². The van der Waals surface area contributed by atoms with Crippen molar-refractivity contribution < 1.29 is 92.7 Å². The molecule has 0 saturated heterocycles. The van der Waals surface area contributed by atoms with Crippen molar-refractivity contribution in [3.8, 4) is 0 Å². The Labute approximate surface area is 329 Å². The summed E-state index contributed by atoms with van der Waals surface area (Å²) in [5.41, 5.74) is -11.5. The third-order valence-electron chi connectivity index (χ3n) is 9.40. The van der Waals surface area contributed by atoms with Gasteiger partial charge in [-0.05, 0) is 0 Å². The standard InChI is InChI=1S/C24BF20.C15H17N/c26-5-1(6(27)14(35)21(42)13(5)34)25(2-7(28)15(36)22(43)16(37)8(2)29,3-9(30)17(38)23(44)18(39)10(3)31)4-11(32)19(40)24(45)20(41)12(4)33;1-16(12-14-8-4-2-5-9-14)13-15-10-6-3-7-11-15/h;2-11H,12-13H2,1H3/q-1;/p+1. The summed E-state index contributed by atoms with van der Waals surface area (Å²) in [6.45, 7) is 2.16. The maximum Gasteiger partial charge on any atom is 0.200 e. The number of nitrogens with one attached hydrogen (secondary N) is 1. The molecule has 6 aromatic rings. The van der Waals surface area contributed by atoms with Gasteiger partial charge in [0.2, 0.25) is 0 Å². The van der Waals surface area contributed by atoms with Crippen LogP contribution in [0.15, 0.2) is 60.7 Å². The first-order chi connectivity index (χ1) is 28.5. The summed E-state index contributed by atoms with van der Waals surface area (Å²) < 4.78 is 294. The summed E-state index contributed by atoms with van der Waals surface area (Å²) >= 11 is 0. The molecule has 61 heavy (non-hydrogen) atoms. The first-order valence-electron chi connectivity index (χ1n) is 16.7. The van der Waals surface area contributed by atoms with Gasteiger partial charge in [-0.2, -0.15) is 0 Å². The summed E-state index contributed by atoms with van der Waals surface area (Å²) in [4.78, 5) is 1.51. The highest BCUT2D eigenvalue weighted by Gasteiger charge is 2.52. The van der Waals surface area contributed by atoms with Gasteiger partial charge < -0.3 is 4.90 Å². The van der Waals surface area contributed by atoms with Crippen molar-refractivity contribution in [1.82, 2.24) is 0 Å². The van der Waals surface area contributed by atoms with Crippen LogP contribution in [0.2, 0.25) is 0 Å². The summed E-state index contributed by atoms with van der Waals surface area (Å²) in [6, 6.07) is 21.3. The monoisotopic (exact) mass is 891 g/mol. The first kappa shape index (κ1) is 46.0. The van der Waals surface area contributed by atoms with E-state index >= 15 is 35.1 Å². The van der Waals surface area contributed by atoms with Gasteiger partial charge in [0.05, 0.1) is 7.05 Å². The van der Waals surface area contributed by atoms with Gasteiger partial charge in [-0.25, -0.2) is 87.8 Å². The normalized spacial score (nSPS) is 11.6. The average Bonchev–Trinajstić information content (AvgIpc) is 3.24. The van der Waals surface area contributed by atoms with E-state index in [1.165, 1.54) is 16.0 Å². The molecule has 0 aromatic heterocycles. The van der Waals surface area contributed by atoms with Gasteiger partial charge in [-0.3, -0.25) is 0 Å². The van der Waals surface area contributed by atoms with Crippen molar-refractivity contribution in [2.45, 2.75) is 13.1 Å². The summed E-state index contributed by atoms with van der Waals surface area (Å²) in [5.74, 6) is -71.4. The third kappa shape index (κ3) is 7.65. The smallest absolute Gasteiger partial charge is 0.200 e. The predicted octanol–water partition coefficient (Wildman–Crippen LogP) is 7.75. The van der Waals surface area contributed by atoms with E-state index in [0.29, 0.717) is 0 Å². The summed E-state index contributed by atoms with van der Waals surface area (Å²) in [6.07, 6.45) is -7.22. The van der Waals surface area contributed by atoms with Gasteiger partial charge in [0, 0.05) is 11.1 Å². The van der Waals surface area contributed by atoms with Crippen LogP contribution in [0.5, 0.6) is 0 Å². The van der Waals surface area contributed by atoms with Crippen LogP contribution in [0.4, 0.5) is 87.8 Å². The molecule has 0 unspecified atom stereocenters. The second kappa shape index (κ2) is 17.5. The second-order valence-electron chi connectivity index (χ2n) is 13.1. The molecule has 0 aliphatic carbocycles. The molecule has 22 heteroatoms. The van der Waals surface area contributed by atoms with Gasteiger partial charge in [0.25, 0.3) is 0 Å². The molecule has 1 nitrogen and oxygen atoms in total. The highest BCUT2D eigenvalue weighted by Crippen LogP contribution is 2.30. The van der Waals surface area contributed by atoms with Crippen molar-refractivity contribution in [1.29, 1.82) is 0 Å². The molecule has 0 atom stereocenters. The second-order valence-corrected chi connectivity index (χ2v) is 13.1. The Morgan fingerprint density at radius 2 is 0.443 bits per heavy atom. The average molecular weight is 891 g/mol. The van der Waals surface area contributed by atoms with Gasteiger partial charge in [0.1, 0.15) is 65.8 Å². The Kier molecular flexibility index (Phi) is 13.2. The van der Waals surface area contributed by atoms with Gasteiger partial charge in [-0.1, -0.05) is 60.7 Å². The Morgan fingerprint density at radius 3 is 0.623 bits per heavy atom. The molecule has 322 valence electrons. The zero-order valence-corrected chi connectivity index (χ0v) is 29.8. The van der Waals surface area contributed by atoms with E-state index in [1.54, 1.807) is 0 Å². The SMILES string of the molecule is C[NH+](Cc1ccccc1)Cc1ccccc1.Fc1c(F)c(F)c([B-](c2c(F)c(F)c(F)c(F)c2F)(c2c(F)c(F)c(F)c(F)c2F)c2c(F)c(F)c(F)c(F)c2F)c(F)c1F. The number of quaternary nitrogens is 1. The zero-order chi connectivity index (χ0) is 45.6. The molecule has 0 spiro atoms. The number of hydrogen-bond donors (Lipinski definition) is 1. The molecule has 1 N–H and O–H groups in total. The fraction of sp³-hybridized carbons (Fsp3) is 0.0769. The molecule has 0 amide bonds. The van der Waals surface area contributed by atoms with Crippen molar-refractivity contribution >= 4 is 28.0 Å². The van der Waals surface area contributed by atoms with E-state index in [2.05, 4.69) is 67.7 Å². The Balaban J connectivity index is 0.000000366. The van der Waals surface area contributed by atoms with Crippen molar-refractivity contribution in [3.05, 3.63) is 188 Å². The summed E-state index contributed by atoms with van der Waals surface area (Å²) in [7, 11) is 2.24. The Morgan fingerprint density at radius 1 is 0.279 bits per heavy atom. The lowest BCUT2D eigenvalue weighted by Crippen LogP contribution is -3.06. The van der Waals surface area contributed by atoms with Crippen molar-refractivity contribution in [2.75, 3.05) is 7.05 Å². The van der Waals surface area contributed by atoms with Crippen LogP contribution in [0.25, 0.3) is 0 Å². The molecule has 6 aromatic carbocycles. The molecule has 0 bridgehead atoms. The molecule has 0 heterocycles. The van der Waals surface area contributed by atoms with Gasteiger partial charge >= 0.3 is 0 Å². The summed E-state index contributed by atoms with van der Waals surface area (Å²) in [5, 5.41) is 0. The minimum absolute atomic E-state index is 1.08. The van der Waals surface area contributed by atoms with E-state index in [9.17, 15) is 52.7 Å². The maximum atomic E-state index is 15.4. The van der Waals surface area contributed by atoms with E-state index in [1.807, 2.05) is 0 Å². The molecule has 0 aliphatic rings. The first-order valence-corrected chi connectivity index (χ1v) is 16.7. The highest BCUT2D eigenvalue weighted by atomic mass is 19.2. The number of halogens is 20. The van der Waals surface area contributed by atoms with E-state index < -0.39 is 144 Å². The zero-order valence-electron chi connectivity index (χ0n) is 29.8. The van der Waals surface area contributed by atoms with Crippen molar-refractivity contribution in [3.63, 3.8) is 0 Å². The van der Waals surface area contributed by atoms with Crippen LogP contribution in [-0.4, -0.2) is 13.2 Å². The Bertz CT molecular complexity index is 2240. The number of benzene rings is 6. The number of rotatable bonds is 8. The van der Waals surface area contributed by atoms with Crippen LogP contribution < -0.4 is 26.8 Å². The fourth-order valence-electron chi connectivity index (χ4n) is 6.83. The van der Waals surface area contributed by atoms with Crippen LogP contribution in [0, 0.1) is 116 Å². The lowest BCUT2D eigenvalue weighted by atomic mass is 9.12. The van der Waals surface area contributed by atoms with Gasteiger partial charge in [-0.15, -0.1) is 21.9 Å². The van der Waals surface area contributed by atoms with E-state index in [0.717, 1.165) is 13.1 Å².